The third-order valence-corrected chi connectivity index (χ3v) is 13.8. The van der Waals surface area contributed by atoms with Gasteiger partial charge in [0.05, 0.1) is 33.8 Å². The number of nitrogens with zero attached hydrogens (tertiary/aromatic N) is 1. The molecule has 10 heteroatoms. The van der Waals surface area contributed by atoms with Crippen LogP contribution in [0.2, 0.25) is 0 Å². The highest BCUT2D eigenvalue weighted by atomic mass is 31.2. The third kappa shape index (κ3) is 53.8. The van der Waals surface area contributed by atoms with Crippen molar-refractivity contribution < 1.29 is 37.3 Å². The number of nitrogens with one attached hydrogen (secondary N) is 1. The molecular formula is C63H113N2O7P. The Hall–Kier alpha value is -2.81. The molecule has 422 valence electrons. The number of carbonyl (C=O) groups is 2. The Morgan fingerprint density at radius 2 is 0.877 bits per heavy atom. The Labute approximate surface area is 450 Å². The molecule has 0 aliphatic heterocycles. The number of phosphoric ester groups is 1. The molecule has 73 heavy (non-hydrogen) atoms. The molecule has 0 aromatic rings. The quantitative estimate of drug-likeness (QED) is 0.0161. The second-order valence-electron chi connectivity index (χ2n) is 21.2. The van der Waals surface area contributed by atoms with Crippen LogP contribution in [0.4, 0.5) is 0 Å². The van der Waals surface area contributed by atoms with Gasteiger partial charge in [0, 0.05) is 12.8 Å². The van der Waals surface area contributed by atoms with Gasteiger partial charge in [-0.05, 0) is 102 Å². The summed E-state index contributed by atoms with van der Waals surface area (Å²) in [4.78, 5) is 39.9. The SMILES string of the molecule is CCCCC/C=C\C/C=C\C/C=C\C/C=C\CCCCCC(=O)NC(COP(=O)([O-])OCC[N+](C)(C)C)C(/C=C\CCCCCCCCCCCCC)OC(=O)CCCCCCCC/C=C/C=C/CCCCC. The fourth-order valence-corrected chi connectivity index (χ4v) is 8.86. The number of likely N-dealkylation sites (N-methyl/N-ethyl adjacent to an activating group) is 1. The Balaban J connectivity index is 5.42. The molecule has 9 nitrogen and oxygen atoms in total. The monoisotopic (exact) mass is 1040 g/mol. The van der Waals surface area contributed by atoms with Crippen LogP contribution in [0, 0.1) is 0 Å². The number of ether oxygens (including phenoxy) is 1. The molecule has 0 aromatic carbocycles. The van der Waals surface area contributed by atoms with Gasteiger partial charge >= 0.3 is 5.97 Å². The first kappa shape index (κ1) is 70.2. The van der Waals surface area contributed by atoms with Gasteiger partial charge in [0.1, 0.15) is 19.3 Å². The van der Waals surface area contributed by atoms with Gasteiger partial charge in [0.15, 0.2) is 0 Å². The number of allylic oxidation sites excluding steroid dienone is 13. The van der Waals surface area contributed by atoms with Gasteiger partial charge in [-0.15, -0.1) is 0 Å². The highest BCUT2D eigenvalue weighted by molar-refractivity contribution is 7.45. The van der Waals surface area contributed by atoms with Crippen LogP contribution in [0.5, 0.6) is 0 Å². The number of esters is 1. The van der Waals surface area contributed by atoms with Crippen molar-refractivity contribution in [2.45, 2.75) is 264 Å². The van der Waals surface area contributed by atoms with Crippen LogP contribution in [0.15, 0.2) is 85.1 Å². The summed E-state index contributed by atoms with van der Waals surface area (Å²) in [5.41, 5.74) is 0. The highest BCUT2D eigenvalue weighted by Crippen LogP contribution is 2.38. The van der Waals surface area contributed by atoms with Gasteiger partial charge in [0.25, 0.3) is 7.82 Å². The van der Waals surface area contributed by atoms with Crippen LogP contribution in [-0.4, -0.2) is 69.4 Å². The predicted molar refractivity (Wildman–Crippen MR) is 311 cm³/mol. The van der Waals surface area contributed by atoms with Crippen molar-refractivity contribution in [2.24, 2.45) is 0 Å². The molecule has 0 saturated heterocycles. The summed E-state index contributed by atoms with van der Waals surface area (Å²) in [6.45, 7) is 6.75. The molecule has 1 N–H and O–H groups in total. The average Bonchev–Trinajstić information content (AvgIpc) is 3.35. The van der Waals surface area contributed by atoms with E-state index in [-0.39, 0.29) is 31.3 Å². The molecule has 3 unspecified atom stereocenters. The van der Waals surface area contributed by atoms with Gasteiger partial charge in [-0.1, -0.05) is 222 Å². The van der Waals surface area contributed by atoms with Crippen molar-refractivity contribution in [1.29, 1.82) is 0 Å². The summed E-state index contributed by atoms with van der Waals surface area (Å²) >= 11 is 0. The molecule has 0 heterocycles. The summed E-state index contributed by atoms with van der Waals surface area (Å²) in [5.74, 6) is -0.593. The molecule has 0 aromatic heterocycles. The maximum absolute atomic E-state index is 13.5. The summed E-state index contributed by atoms with van der Waals surface area (Å²) in [5, 5.41) is 3.00. The molecule has 0 aliphatic rings. The molecule has 3 atom stereocenters. The lowest BCUT2D eigenvalue weighted by Gasteiger charge is -2.30. The second-order valence-corrected chi connectivity index (χ2v) is 22.6. The minimum atomic E-state index is -4.71. The van der Waals surface area contributed by atoms with Gasteiger partial charge in [0.2, 0.25) is 5.91 Å². The molecule has 0 saturated carbocycles. The van der Waals surface area contributed by atoms with E-state index < -0.39 is 26.6 Å². The van der Waals surface area contributed by atoms with Crippen molar-refractivity contribution in [3.63, 3.8) is 0 Å². The largest absolute Gasteiger partial charge is 0.756 e. The second kappa shape index (κ2) is 52.6. The van der Waals surface area contributed by atoms with Gasteiger partial charge in [-0.25, -0.2) is 0 Å². The Bertz CT molecular complexity index is 1530. The summed E-state index contributed by atoms with van der Waals surface area (Å²) < 4.78 is 30.2. The van der Waals surface area contributed by atoms with E-state index in [1.165, 1.54) is 103 Å². The first-order valence-corrected chi connectivity index (χ1v) is 31.4. The number of rotatable bonds is 53. The number of hydrogen-bond acceptors (Lipinski definition) is 7. The summed E-state index contributed by atoms with van der Waals surface area (Å²) in [6.07, 6.45) is 68.3. The van der Waals surface area contributed by atoms with E-state index in [0.717, 1.165) is 103 Å². The van der Waals surface area contributed by atoms with Gasteiger partial charge < -0.3 is 28.5 Å². The fraction of sp³-hybridized carbons (Fsp3) is 0.746. The Kier molecular flexibility index (Phi) is 50.6. The van der Waals surface area contributed by atoms with Crippen LogP contribution in [0.25, 0.3) is 0 Å². The molecule has 0 rings (SSSR count). The minimum Gasteiger partial charge on any atom is -0.756 e. The number of amides is 1. The topological polar surface area (TPSA) is 114 Å². The number of phosphoric acid groups is 1. The number of unbranched alkanes of at least 4 members (excludes halogenated alkanes) is 26. The van der Waals surface area contributed by atoms with Crippen LogP contribution in [-0.2, 0) is 27.9 Å². The minimum absolute atomic E-state index is 0.0342. The maximum Gasteiger partial charge on any atom is 0.306 e. The smallest absolute Gasteiger partial charge is 0.306 e. The van der Waals surface area contributed by atoms with E-state index >= 15 is 0 Å². The predicted octanol–water partition coefficient (Wildman–Crippen LogP) is 17.6. The van der Waals surface area contributed by atoms with Crippen molar-refractivity contribution >= 4 is 19.7 Å². The Morgan fingerprint density at radius 1 is 0.493 bits per heavy atom. The first-order valence-electron chi connectivity index (χ1n) is 29.9. The number of carbonyl (C=O) groups excluding carboxylic acids is 2. The van der Waals surface area contributed by atoms with Crippen LogP contribution in [0.1, 0.15) is 252 Å². The molecular weight excluding hydrogens is 928 g/mol. The molecule has 0 bridgehead atoms. The normalized spacial score (nSPS) is 14.3. The van der Waals surface area contributed by atoms with Crippen molar-refractivity contribution in [1.82, 2.24) is 5.32 Å². The maximum atomic E-state index is 13.5. The lowest BCUT2D eigenvalue weighted by atomic mass is 10.0. The van der Waals surface area contributed by atoms with Gasteiger partial charge in [-0.3, -0.25) is 14.2 Å². The van der Waals surface area contributed by atoms with Crippen LogP contribution in [0.3, 0.4) is 0 Å². The standard InChI is InChI=1S/C63H113N2O7P/c1-7-10-13-16-19-22-25-28-30-31-32-33-35-37-40-43-46-49-52-55-62(66)64-60(59-71-73(68,69)70-58-57-65(4,5)6)61(54-51-48-45-42-39-36-27-24-21-18-15-12-9-3)72-63(67)56-53-50-47-44-41-38-34-29-26-23-20-17-14-11-8-2/h19-20,22-23,26,28-30,32-33,37,40,51,54,60-61H,7-18,21,24-25,27,31,34-36,38-39,41-50,52-53,55-59H2,1-6H3,(H-,64,66,68,69)/b22-19-,23-20+,29-26+,30-28-,33-32-,40-37-,54-51-. The van der Waals surface area contributed by atoms with Crippen molar-refractivity contribution in [3.8, 4) is 0 Å². The van der Waals surface area contributed by atoms with Crippen LogP contribution < -0.4 is 10.2 Å². The zero-order chi connectivity index (χ0) is 53.6. The molecule has 0 radical (unpaired) electrons. The van der Waals surface area contributed by atoms with E-state index in [4.69, 9.17) is 13.8 Å². The van der Waals surface area contributed by atoms with Crippen molar-refractivity contribution in [3.05, 3.63) is 85.1 Å². The molecule has 0 spiro atoms. The fourth-order valence-electron chi connectivity index (χ4n) is 8.14. The zero-order valence-corrected chi connectivity index (χ0v) is 49.0. The van der Waals surface area contributed by atoms with E-state index in [0.29, 0.717) is 23.9 Å². The lowest BCUT2D eigenvalue weighted by molar-refractivity contribution is -0.870. The van der Waals surface area contributed by atoms with Gasteiger partial charge in [-0.2, -0.15) is 0 Å². The molecule has 1 amide bonds. The number of hydrogen-bond donors (Lipinski definition) is 1. The summed E-state index contributed by atoms with van der Waals surface area (Å²) in [6, 6.07) is -0.913. The highest BCUT2D eigenvalue weighted by Gasteiger charge is 2.27. The third-order valence-electron chi connectivity index (χ3n) is 12.8. The molecule has 0 aliphatic carbocycles. The van der Waals surface area contributed by atoms with Crippen molar-refractivity contribution in [2.75, 3.05) is 40.9 Å². The first-order chi connectivity index (χ1) is 35.4. The van der Waals surface area contributed by atoms with E-state index in [2.05, 4.69) is 99.0 Å². The zero-order valence-electron chi connectivity index (χ0n) is 48.1. The summed E-state index contributed by atoms with van der Waals surface area (Å²) in [7, 11) is 1.15. The average molecular weight is 1040 g/mol. The lowest BCUT2D eigenvalue weighted by Crippen LogP contribution is -2.47. The van der Waals surface area contributed by atoms with Crippen LogP contribution >= 0.6 is 7.82 Å². The van der Waals surface area contributed by atoms with E-state index in [1.807, 2.05) is 33.3 Å². The van der Waals surface area contributed by atoms with E-state index in [1.54, 1.807) is 0 Å². The Morgan fingerprint density at radius 3 is 1.37 bits per heavy atom. The molecule has 0 fully saturated rings. The number of quaternary nitrogens is 1. The van der Waals surface area contributed by atoms with E-state index in [9.17, 15) is 19.0 Å².